The van der Waals surface area contributed by atoms with E-state index in [2.05, 4.69) is 5.16 Å². The first kappa shape index (κ1) is 43.9. The van der Waals surface area contributed by atoms with Crippen LogP contribution in [0, 0.1) is 29.6 Å². The lowest BCUT2D eigenvalue weighted by Crippen LogP contribution is -2.60. The third kappa shape index (κ3) is 9.81. The molecule has 298 valence electrons. The Hall–Kier alpha value is -1.46. The van der Waals surface area contributed by atoms with Crippen molar-refractivity contribution >= 4 is 11.7 Å². The Morgan fingerprint density at radius 3 is 2.10 bits per heavy atom. The summed E-state index contributed by atoms with van der Waals surface area (Å²) >= 11 is 0. The van der Waals surface area contributed by atoms with Gasteiger partial charge in [-0.1, -0.05) is 39.8 Å². The maximum atomic E-state index is 14.1. The minimum atomic E-state index is -1.69. The highest BCUT2D eigenvalue weighted by molar-refractivity contribution is 5.88. The van der Waals surface area contributed by atoms with Crippen molar-refractivity contribution in [3.05, 3.63) is 0 Å². The fourth-order valence-electron chi connectivity index (χ4n) is 8.56. The van der Waals surface area contributed by atoms with E-state index >= 15 is 0 Å². The first-order valence-electron chi connectivity index (χ1n) is 18.7. The highest BCUT2D eigenvalue weighted by Crippen LogP contribution is 2.40. The van der Waals surface area contributed by atoms with E-state index in [1.54, 1.807) is 48.5 Å². The van der Waals surface area contributed by atoms with Crippen molar-refractivity contribution in [3.63, 3.8) is 0 Å². The van der Waals surface area contributed by atoms with Gasteiger partial charge in [-0.3, -0.25) is 4.79 Å². The van der Waals surface area contributed by atoms with E-state index in [0.717, 1.165) is 0 Å². The zero-order chi connectivity index (χ0) is 38.7. The van der Waals surface area contributed by atoms with Crippen LogP contribution in [-0.2, 0) is 33.2 Å². The second kappa shape index (κ2) is 17.8. The molecule has 0 radical (unpaired) electrons. The monoisotopic (exact) mass is 732 g/mol. The maximum absolute atomic E-state index is 14.1. The van der Waals surface area contributed by atoms with Crippen molar-refractivity contribution in [2.75, 3.05) is 21.2 Å². The minimum absolute atomic E-state index is 0.0238. The zero-order valence-corrected chi connectivity index (χ0v) is 33.1. The van der Waals surface area contributed by atoms with Gasteiger partial charge in [0.15, 0.2) is 12.6 Å². The number of hydrogen-bond donors (Lipinski definition) is 5. The predicted octanol–water partition coefficient (Wildman–Crippen LogP) is 2.93. The molecule has 0 aliphatic carbocycles. The first-order chi connectivity index (χ1) is 23.6. The minimum Gasteiger partial charge on any atom is -0.462 e. The van der Waals surface area contributed by atoms with Gasteiger partial charge in [-0.15, -0.1) is 0 Å². The molecular formula is C37H68N2O12. The van der Waals surface area contributed by atoms with E-state index in [1.165, 1.54) is 7.11 Å². The van der Waals surface area contributed by atoms with Crippen molar-refractivity contribution in [1.82, 2.24) is 4.90 Å². The quantitative estimate of drug-likeness (QED) is 0.146. The van der Waals surface area contributed by atoms with Gasteiger partial charge >= 0.3 is 5.97 Å². The summed E-state index contributed by atoms with van der Waals surface area (Å²) in [6.07, 6.45) is -7.72. The fraction of sp³-hybridized carbons (Fsp3) is 0.946. The number of aliphatic hydroxyl groups excluding tert-OH is 3. The van der Waals surface area contributed by atoms with E-state index in [-0.39, 0.29) is 30.7 Å². The number of carbonyl (C=O) groups is 1. The summed E-state index contributed by atoms with van der Waals surface area (Å²) in [5.41, 5.74) is -2.43. The van der Waals surface area contributed by atoms with Crippen LogP contribution in [0.25, 0.3) is 0 Å². The molecule has 3 fully saturated rings. The molecule has 0 aromatic rings. The summed E-state index contributed by atoms with van der Waals surface area (Å²) in [5.74, 6) is -3.99. The summed E-state index contributed by atoms with van der Waals surface area (Å²) < 4.78 is 37.5. The number of oxime groups is 1. The van der Waals surface area contributed by atoms with E-state index in [0.29, 0.717) is 12.8 Å². The summed E-state index contributed by atoms with van der Waals surface area (Å²) in [6.45, 7) is 17.7. The molecule has 0 aromatic heterocycles. The Morgan fingerprint density at radius 2 is 1.55 bits per heavy atom. The van der Waals surface area contributed by atoms with Crippen molar-refractivity contribution in [2.24, 2.45) is 34.7 Å². The number of hydrogen-bond acceptors (Lipinski definition) is 14. The normalized spacial score (nSPS) is 49.1. The Morgan fingerprint density at radius 1 is 0.922 bits per heavy atom. The van der Waals surface area contributed by atoms with Gasteiger partial charge in [0, 0.05) is 43.2 Å². The first-order valence-corrected chi connectivity index (χ1v) is 18.7. The molecule has 0 amide bonds. The van der Waals surface area contributed by atoms with Crippen LogP contribution in [0.3, 0.4) is 0 Å². The Kier molecular flexibility index (Phi) is 15.3. The number of likely N-dealkylation sites (N-methyl/N-ethyl adjacent to an activating group) is 1. The lowest BCUT2D eigenvalue weighted by atomic mass is 9.74. The number of rotatable bonds is 7. The second-order valence-corrected chi connectivity index (χ2v) is 16.3. The SMILES string of the molecule is CC[C@H]1OC(=O)[C@H](C)[C@@H](O[C@H]2C[C@@](C)(OC)[C@@H](O)[C@H](C)O2)[C@H](C)[C@@H](O[C@@H]2O[C@H](C)C[C@H](N(C)C)[C@H]2O)[C@](C)(O)C[C@@H](C)/C(=N/O)[C@H](C)[C@@H](O)[C@H]1C. The molecule has 3 aliphatic heterocycles. The molecule has 0 unspecified atom stereocenters. The second-order valence-electron chi connectivity index (χ2n) is 16.3. The van der Waals surface area contributed by atoms with Gasteiger partial charge in [0.2, 0.25) is 0 Å². The number of esters is 1. The number of nitrogens with zero attached hydrogens (tertiary/aromatic N) is 2. The fourth-order valence-corrected chi connectivity index (χ4v) is 8.56. The Bertz CT molecular complexity index is 1160. The van der Waals surface area contributed by atoms with Crippen LogP contribution in [0.5, 0.6) is 0 Å². The molecule has 0 bridgehead atoms. The van der Waals surface area contributed by atoms with Crippen molar-refractivity contribution < 1.29 is 58.8 Å². The molecule has 14 heteroatoms. The Balaban J connectivity index is 2.18. The van der Waals surface area contributed by atoms with E-state index in [1.807, 2.05) is 39.8 Å². The van der Waals surface area contributed by atoms with Gasteiger partial charge in [-0.25, -0.2) is 0 Å². The van der Waals surface area contributed by atoms with Gasteiger partial charge in [0.1, 0.15) is 18.3 Å². The highest BCUT2D eigenvalue weighted by Gasteiger charge is 2.52. The molecular weight excluding hydrogens is 664 g/mol. The van der Waals surface area contributed by atoms with Crippen molar-refractivity contribution in [3.8, 4) is 0 Å². The summed E-state index contributed by atoms with van der Waals surface area (Å²) in [7, 11) is 5.25. The van der Waals surface area contributed by atoms with E-state index < -0.39 is 102 Å². The van der Waals surface area contributed by atoms with Crippen LogP contribution in [-0.4, -0.2) is 142 Å². The van der Waals surface area contributed by atoms with Gasteiger partial charge in [0.05, 0.1) is 53.4 Å². The average molecular weight is 733 g/mol. The van der Waals surface area contributed by atoms with Gasteiger partial charge in [-0.05, 0) is 68.0 Å². The highest BCUT2D eigenvalue weighted by atomic mass is 16.7. The van der Waals surface area contributed by atoms with Gasteiger partial charge < -0.3 is 59.0 Å². The summed E-state index contributed by atoms with van der Waals surface area (Å²) in [5, 5.41) is 60.2. The number of carbonyl (C=O) groups excluding carboxylic acids is 1. The molecule has 5 N–H and O–H groups in total. The number of aliphatic hydroxyl groups is 4. The smallest absolute Gasteiger partial charge is 0.311 e. The van der Waals surface area contributed by atoms with E-state index in [9.17, 15) is 30.4 Å². The van der Waals surface area contributed by atoms with E-state index in [4.69, 9.17) is 28.4 Å². The number of ether oxygens (including phenoxy) is 6. The lowest BCUT2D eigenvalue weighted by Gasteiger charge is -2.49. The molecule has 0 aromatic carbocycles. The predicted molar refractivity (Wildman–Crippen MR) is 189 cm³/mol. The molecule has 51 heavy (non-hydrogen) atoms. The standard InChI is InChI=1S/C37H68N2O12/c1-14-26-20(4)29(40)21(5)28(38-45)18(2)16-36(9,44)33(51-35-30(41)25(39(11)12)15-19(3)47-35)22(6)31(23(7)34(43)49-26)50-27-17-37(10,46-13)32(42)24(8)48-27/h18-27,29-33,35,40-42,44-45H,14-17H2,1-13H3/b38-28-/t18-,19-,20+,21+,22+,23-,24+,25+,26-,27+,29+,30-,31+,32+,33-,35+,36-,37-/m1/s1. The lowest BCUT2D eigenvalue weighted by molar-refractivity contribution is -0.317. The van der Waals surface area contributed by atoms with Crippen LogP contribution >= 0.6 is 0 Å². The molecule has 3 heterocycles. The van der Waals surface area contributed by atoms with Gasteiger partial charge in [-0.2, -0.15) is 0 Å². The van der Waals surface area contributed by atoms with Crippen LogP contribution in [0.15, 0.2) is 5.16 Å². The largest absolute Gasteiger partial charge is 0.462 e. The number of cyclic esters (lactones) is 1. The average Bonchev–Trinajstić information content (AvgIpc) is 3.06. The van der Waals surface area contributed by atoms with Crippen molar-refractivity contribution in [1.29, 1.82) is 0 Å². The van der Waals surface area contributed by atoms with Crippen LogP contribution < -0.4 is 0 Å². The Labute approximate surface area is 304 Å². The zero-order valence-electron chi connectivity index (χ0n) is 33.1. The summed E-state index contributed by atoms with van der Waals surface area (Å²) in [4.78, 5) is 16.0. The molecule has 0 saturated carbocycles. The molecule has 18 atom stereocenters. The molecule has 0 spiro atoms. The third-order valence-corrected chi connectivity index (χ3v) is 11.9. The topological polar surface area (TPSA) is 189 Å². The third-order valence-electron chi connectivity index (χ3n) is 11.9. The molecule has 14 nitrogen and oxygen atoms in total. The molecule has 3 aliphatic rings. The van der Waals surface area contributed by atoms with Crippen LogP contribution in [0.4, 0.5) is 0 Å². The molecule has 3 rings (SSSR count). The molecule has 3 saturated heterocycles. The number of methoxy groups -OCH3 is 1. The van der Waals surface area contributed by atoms with Crippen LogP contribution in [0.2, 0.25) is 0 Å². The van der Waals surface area contributed by atoms with Crippen molar-refractivity contribution in [2.45, 2.75) is 174 Å². The maximum Gasteiger partial charge on any atom is 0.311 e. The van der Waals surface area contributed by atoms with Crippen LogP contribution in [0.1, 0.15) is 94.9 Å². The summed E-state index contributed by atoms with van der Waals surface area (Å²) in [6, 6.07) is -0.295. The van der Waals surface area contributed by atoms with Gasteiger partial charge in [0.25, 0.3) is 0 Å².